The van der Waals surface area contributed by atoms with Crippen LogP contribution in [-0.4, -0.2) is 153 Å². The molecule has 111 heavy (non-hydrogen) atoms. The molecular weight excluding hydrogens is 1430 g/mol. The van der Waals surface area contributed by atoms with E-state index in [4.69, 9.17) is 43.9 Å². The number of Topliss-reactive ketones (excluding diaryl/α,β-unsaturated/α-hetero) is 3. The van der Waals surface area contributed by atoms with Crippen LogP contribution in [0.25, 0.3) is 11.2 Å². The number of aromatic nitrogens is 4. The van der Waals surface area contributed by atoms with Gasteiger partial charge in [-0.05, 0) is 127 Å². The van der Waals surface area contributed by atoms with Crippen molar-refractivity contribution < 1.29 is 52.9 Å². The van der Waals surface area contributed by atoms with Crippen molar-refractivity contribution in [2.75, 3.05) is 73.8 Å². The first-order valence-electron chi connectivity index (χ1n) is 43.0. The molecule has 27 heteroatoms. The van der Waals surface area contributed by atoms with Gasteiger partial charge < -0.3 is 75.2 Å². The number of carbonyl (C=O) groups excluding carboxylic acids is 8. The van der Waals surface area contributed by atoms with Crippen LogP contribution in [0.3, 0.4) is 0 Å². The number of benzene rings is 1. The largest absolute Gasteiger partial charge is 0.462 e. The van der Waals surface area contributed by atoms with E-state index in [1.54, 1.807) is 24.3 Å². The van der Waals surface area contributed by atoms with E-state index in [0.717, 1.165) is 56.9 Å². The minimum absolute atomic E-state index is 0.0693. The molecule has 0 radical (unpaired) electrons. The van der Waals surface area contributed by atoms with E-state index in [0.29, 0.717) is 126 Å². The molecule has 3 aromatic rings. The van der Waals surface area contributed by atoms with Gasteiger partial charge in [-0.3, -0.25) is 42.9 Å². The Balaban J connectivity index is 1.68. The number of esters is 2. The maximum Gasteiger partial charge on any atom is 0.328 e. The Labute approximate surface area is 668 Å². The van der Waals surface area contributed by atoms with Gasteiger partial charge in [-0.2, -0.15) is 21.7 Å². The standard InChI is InChI=1S/C84H148N14O12S/c1-4-7-10-12-14-16-18-20-22-24-26-28-30-44-75(103)109-60-68(110-76(104)45-31-29-27-25-23-21-19-17-15-13-11-8-5-2)61-111-62-69(89)72(100)57-66(59-99)82(107)94-71(43-35-39-53-88)74(102)56-65(41-33-37-51-86)81(106)93-70(42-34-38-52-87)73(101)55-64(40-32-36-50-85)80(105)92-67-48-46-63(47-49-67)58-98-79-77(95-84(98)108)78(90)96-83(97-79)91-54-9-6-3/h46-49,64-66,68-71,99H,4-45,50-62,85-89H2,1-3H3,(H,92,105)(H,93,106)(H,94,107)(H,95,108)(H3,90,91,96,97)/t64-,65-,66+,68?,69+,70+,71+/m1/s1. The Hall–Kier alpha value is -6.36. The molecule has 0 saturated heterocycles. The zero-order valence-corrected chi connectivity index (χ0v) is 69.2. The number of nitrogens with two attached hydrogens (primary N) is 6. The number of nitrogen functional groups attached to an aromatic ring is 1. The predicted octanol–water partition coefficient (Wildman–Crippen LogP) is 12.6. The van der Waals surface area contributed by atoms with Gasteiger partial charge in [0.1, 0.15) is 18.2 Å². The molecule has 3 amide bonds. The summed E-state index contributed by atoms with van der Waals surface area (Å²) in [5.41, 5.74) is 37.7. The van der Waals surface area contributed by atoms with E-state index in [1.807, 2.05) is 0 Å². The summed E-state index contributed by atoms with van der Waals surface area (Å²) in [6.45, 7) is 7.78. The van der Waals surface area contributed by atoms with E-state index in [-0.39, 0.29) is 93.1 Å². The second kappa shape index (κ2) is 63.0. The van der Waals surface area contributed by atoms with Crippen molar-refractivity contribution in [2.24, 2.45) is 46.4 Å². The highest BCUT2D eigenvalue weighted by Crippen LogP contribution is 2.25. The fourth-order valence-electron chi connectivity index (χ4n) is 13.7. The van der Waals surface area contributed by atoms with Gasteiger partial charge in [-0.15, -0.1) is 0 Å². The Bertz CT molecular complexity index is 3100. The molecule has 2 aromatic heterocycles. The lowest BCUT2D eigenvalue weighted by atomic mass is 9.88. The third kappa shape index (κ3) is 44.2. The van der Waals surface area contributed by atoms with Gasteiger partial charge in [0.2, 0.25) is 23.7 Å². The lowest BCUT2D eigenvalue weighted by molar-refractivity contribution is -0.157. The number of ether oxygens (including phenoxy) is 2. The number of amides is 3. The molecule has 26 nitrogen and oxygen atoms in total. The third-order valence-electron chi connectivity index (χ3n) is 20.7. The molecule has 632 valence electrons. The molecule has 0 aliphatic heterocycles. The normalized spacial score (nSPS) is 13.4. The van der Waals surface area contributed by atoms with Gasteiger partial charge in [0.05, 0.1) is 37.2 Å². The van der Waals surface area contributed by atoms with E-state index in [9.17, 15) is 48.3 Å². The summed E-state index contributed by atoms with van der Waals surface area (Å²) in [4.78, 5) is 137. The highest BCUT2D eigenvalue weighted by atomic mass is 32.2. The van der Waals surface area contributed by atoms with Crippen LogP contribution in [0.4, 0.5) is 17.5 Å². The molecule has 0 bridgehead atoms. The first-order chi connectivity index (χ1) is 53.9. The second-order valence-corrected chi connectivity index (χ2v) is 31.7. The molecule has 0 saturated carbocycles. The first kappa shape index (κ1) is 98.8. The summed E-state index contributed by atoms with van der Waals surface area (Å²) in [7, 11) is 0. The number of carbonyl (C=O) groups is 8. The number of imidazole rings is 1. The topological polar surface area (TPSA) is 443 Å². The van der Waals surface area contributed by atoms with Crippen molar-refractivity contribution in [1.29, 1.82) is 0 Å². The SMILES string of the molecule is CCCCCCCCCCCCCCCC(=O)OCC(CSC[C@H](N)C(=O)C[C@@H](CO)C(=O)N[C@@H](CCCCN)C(=O)C[C@@H](CCCCN)C(=O)N[C@@H](CCCCN)C(=O)C[C@@H](CCCCN)C(=O)Nc1ccc(Cn2c(=O)[nH]c3c(N)nc(NCCCC)nc32)cc1)OC(=O)CCCCCCCCCCCCCCC. The molecule has 2 heterocycles. The Morgan fingerprint density at radius 3 is 1.41 bits per heavy atom. The quantitative estimate of drug-likeness (QED) is 0.0184. The summed E-state index contributed by atoms with van der Waals surface area (Å²) < 4.78 is 13.1. The number of anilines is 3. The molecule has 1 aromatic carbocycles. The monoisotopic (exact) mass is 1580 g/mol. The zero-order valence-electron chi connectivity index (χ0n) is 68.4. The molecule has 18 N–H and O–H groups in total. The number of H-pyrrole nitrogens is 1. The number of aliphatic hydroxyl groups excluding tert-OH is 1. The molecule has 1 unspecified atom stereocenters. The van der Waals surface area contributed by atoms with Crippen molar-refractivity contribution >= 4 is 87.4 Å². The number of nitrogens with one attached hydrogen (secondary N) is 5. The zero-order chi connectivity index (χ0) is 81.1. The molecule has 0 aliphatic rings. The number of fused-ring (bicyclic) bond motifs is 1. The summed E-state index contributed by atoms with van der Waals surface area (Å²) in [5.74, 6) is -6.19. The van der Waals surface area contributed by atoms with Crippen LogP contribution < -0.4 is 61.4 Å². The van der Waals surface area contributed by atoms with Gasteiger partial charge in [0.15, 0.2) is 28.8 Å². The van der Waals surface area contributed by atoms with Crippen LogP contribution >= 0.6 is 11.8 Å². The summed E-state index contributed by atoms with van der Waals surface area (Å²) in [6.07, 6.45) is 36.3. The number of hydrogen-bond acceptors (Lipinski definition) is 22. The van der Waals surface area contributed by atoms with Crippen molar-refractivity contribution in [3.8, 4) is 0 Å². The maximum absolute atomic E-state index is 14.6. The van der Waals surface area contributed by atoms with Gasteiger partial charge in [0, 0.05) is 67.7 Å². The summed E-state index contributed by atoms with van der Waals surface area (Å²) in [6, 6.07) is 3.69. The molecule has 0 fully saturated rings. The van der Waals surface area contributed by atoms with Gasteiger partial charge in [-0.25, -0.2) is 4.79 Å². The van der Waals surface area contributed by atoms with Gasteiger partial charge in [0.25, 0.3) is 0 Å². The van der Waals surface area contributed by atoms with Crippen molar-refractivity contribution in [1.82, 2.24) is 30.2 Å². The van der Waals surface area contributed by atoms with Crippen LogP contribution in [0.1, 0.15) is 315 Å². The number of rotatable bonds is 73. The van der Waals surface area contributed by atoms with E-state index in [1.165, 1.54) is 132 Å². The maximum atomic E-state index is 14.6. The van der Waals surface area contributed by atoms with E-state index < -0.39 is 90.0 Å². The van der Waals surface area contributed by atoms with Crippen LogP contribution in [0, 0.1) is 17.8 Å². The molecule has 3 rings (SSSR count). The van der Waals surface area contributed by atoms with Crippen molar-refractivity contribution in [2.45, 2.75) is 340 Å². The number of thioether (sulfide) groups is 1. The number of hydrogen-bond donors (Lipinski definition) is 12. The number of aliphatic hydroxyl groups is 1. The van der Waals surface area contributed by atoms with Gasteiger partial charge >= 0.3 is 17.6 Å². The number of aromatic amines is 1. The molecule has 0 aliphatic carbocycles. The van der Waals surface area contributed by atoms with E-state index >= 15 is 0 Å². The van der Waals surface area contributed by atoms with Crippen LogP contribution in [0.5, 0.6) is 0 Å². The molecule has 7 atom stereocenters. The van der Waals surface area contributed by atoms with Crippen LogP contribution in [0.15, 0.2) is 29.1 Å². The minimum atomic E-state index is -1.28. The van der Waals surface area contributed by atoms with Crippen LogP contribution in [0.2, 0.25) is 0 Å². The fourth-order valence-corrected chi connectivity index (χ4v) is 14.7. The van der Waals surface area contributed by atoms with Crippen molar-refractivity contribution in [3.05, 3.63) is 40.3 Å². The highest BCUT2D eigenvalue weighted by molar-refractivity contribution is 7.99. The Kier molecular flexibility index (Phi) is 56.1. The number of ketones is 3. The number of unbranched alkanes of at least 4 members (excludes halogenated alkanes) is 29. The average Bonchev–Trinajstić information content (AvgIpc) is 1.64. The first-order valence-corrected chi connectivity index (χ1v) is 44.2. The Morgan fingerprint density at radius 2 is 0.946 bits per heavy atom. The fraction of sp³-hybridized carbons (Fsp3) is 0.774. The molecular formula is C84H148N14O12S. The third-order valence-corrected chi connectivity index (χ3v) is 21.9. The smallest absolute Gasteiger partial charge is 0.328 e. The average molecular weight is 1580 g/mol. The van der Waals surface area contributed by atoms with Gasteiger partial charge in [-0.1, -0.05) is 206 Å². The highest BCUT2D eigenvalue weighted by Gasteiger charge is 2.34. The van der Waals surface area contributed by atoms with Crippen LogP contribution in [-0.2, 0) is 54.4 Å². The lowest BCUT2D eigenvalue weighted by Crippen LogP contribution is -2.48. The van der Waals surface area contributed by atoms with Crippen molar-refractivity contribution in [3.63, 3.8) is 0 Å². The Morgan fingerprint density at radius 1 is 0.514 bits per heavy atom. The minimum Gasteiger partial charge on any atom is -0.462 e. The predicted molar refractivity (Wildman–Crippen MR) is 449 cm³/mol. The second-order valence-electron chi connectivity index (χ2n) is 30.6. The van der Waals surface area contributed by atoms with E-state index in [2.05, 4.69) is 57.0 Å². The number of nitrogens with zero attached hydrogens (tertiary/aromatic N) is 3. The lowest BCUT2D eigenvalue weighted by Gasteiger charge is -2.26. The summed E-state index contributed by atoms with van der Waals surface area (Å²) >= 11 is 1.25. The molecule has 0 spiro atoms. The summed E-state index contributed by atoms with van der Waals surface area (Å²) in [5, 5.41) is 22.5.